The molecule has 19 heavy (non-hydrogen) atoms. The highest BCUT2D eigenvalue weighted by Gasteiger charge is 2.08. The van der Waals surface area contributed by atoms with Crippen LogP contribution in [0.4, 0.5) is 0 Å². The van der Waals surface area contributed by atoms with Crippen LogP contribution < -0.4 is 10.5 Å². The van der Waals surface area contributed by atoms with E-state index >= 15 is 0 Å². The first-order valence-corrected chi connectivity index (χ1v) is 6.73. The molecule has 0 heterocycles. The van der Waals surface area contributed by atoms with E-state index in [4.69, 9.17) is 22.1 Å². The molecule has 2 nitrogen and oxygen atoms in total. The lowest BCUT2D eigenvalue weighted by atomic mass is 9.99. The third-order valence-electron chi connectivity index (χ3n) is 3.25. The van der Waals surface area contributed by atoms with Crippen molar-refractivity contribution < 1.29 is 4.74 Å². The van der Waals surface area contributed by atoms with Gasteiger partial charge in [-0.2, -0.15) is 0 Å². The minimum atomic E-state index is 0.0929. The Hall–Kier alpha value is -1.51. The van der Waals surface area contributed by atoms with E-state index in [9.17, 15) is 0 Å². The summed E-state index contributed by atoms with van der Waals surface area (Å²) in [5, 5.41) is 0.699. The lowest BCUT2D eigenvalue weighted by molar-refractivity contribution is 0.416. The molecular formula is C16H18ClNO. The molecule has 2 aromatic carbocycles. The van der Waals surface area contributed by atoms with Crippen LogP contribution in [-0.4, -0.2) is 7.11 Å². The molecule has 2 aromatic rings. The van der Waals surface area contributed by atoms with Gasteiger partial charge in [-0.15, -0.1) is 0 Å². The number of halogens is 1. The van der Waals surface area contributed by atoms with Gasteiger partial charge in [0.15, 0.2) is 0 Å². The van der Waals surface area contributed by atoms with Gasteiger partial charge >= 0.3 is 0 Å². The summed E-state index contributed by atoms with van der Waals surface area (Å²) in [6.07, 6.45) is 0.930. The molecule has 2 rings (SSSR count). The summed E-state index contributed by atoms with van der Waals surface area (Å²) in [7, 11) is 1.66. The first-order chi connectivity index (χ1) is 9.15. The number of hydrogen-bond acceptors (Lipinski definition) is 2. The highest BCUT2D eigenvalue weighted by Crippen LogP contribution is 2.33. The molecule has 0 aliphatic heterocycles. The van der Waals surface area contributed by atoms with Crippen molar-refractivity contribution >= 4 is 11.6 Å². The third-order valence-corrected chi connectivity index (χ3v) is 3.49. The van der Waals surface area contributed by atoms with E-state index in [0.29, 0.717) is 5.02 Å². The van der Waals surface area contributed by atoms with Gasteiger partial charge in [-0.25, -0.2) is 0 Å². The zero-order valence-electron chi connectivity index (χ0n) is 11.2. The second-order valence-corrected chi connectivity index (χ2v) is 4.92. The van der Waals surface area contributed by atoms with Gasteiger partial charge in [-0.05, 0) is 35.7 Å². The molecule has 100 valence electrons. The summed E-state index contributed by atoms with van der Waals surface area (Å²) in [6.45, 7) is 2.08. The Morgan fingerprint density at radius 1 is 1.16 bits per heavy atom. The van der Waals surface area contributed by atoms with E-state index in [1.165, 1.54) is 0 Å². The number of rotatable bonds is 4. The van der Waals surface area contributed by atoms with Crippen LogP contribution in [0, 0.1) is 0 Å². The fourth-order valence-corrected chi connectivity index (χ4v) is 2.22. The van der Waals surface area contributed by atoms with Gasteiger partial charge in [-0.3, -0.25) is 0 Å². The Morgan fingerprint density at radius 2 is 1.84 bits per heavy atom. The van der Waals surface area contributed by atoms with Gasteiger partial charge in [0, 0.05) is 16.6 Å². The summed E-state index contributed by atoms with van der Waals surface area (Å²) in [4.78, 5) is 0. The number of hydrogen-bond donors (Lipinski definition) is 1. The van der Waals surface area contributed by atoms with Gasteiger partial charge in [-0.1, -0.05) is 42.8 Å². The van der Waals surface area contributed by atoms with E-state index in [-0.39, 0.29) is 6.04 Å². The van der Waals surface area contributed by atoms with Crippen LogP contribution in [0.3, 0.4) is 0 Å². The molecule has 0 saturated heterocycles. The van der Waals surface area contributed by atoms with Gasteiger partial charge in [0.2, 0.25) is 0 Å². The topological polar surface area (TPSA) is 35.2 Å². The van der Waals surface area contributed by atoms with E-state index in [0.717, 1.165) is 28.9 Å². The minimum absolute atomic E-state index is 0.0929. The summed E-state index contributed by atoms with van der Waals surface area (Å²) < 4.78 is 5.37. The normalized spacial score (nSPS) is 12.2. The van der Waals surface area contributed by atoms with E-state index in [2.05, 4.69) is 31.2 Å². The third kappa shape index (κ3) is 3.09. The second-order valence-electron chi connectivity index (χ2n) is 4.48. The Labute approximate surface area is 119 Å². The van der Waals surface area contributed by atoms with Crippen LogP contribution in [0.1, 0.15) is 24.9 Å². The lowest BCUT2D eigenvalue weighted by Crippen LogP contribution is -2.08. The van der Waals surface area contributed by atoms with Crippen molar-refractivity contribution in [2.24, 2.45) is 5.73 Å². The monoisotopic (exact) mass is 275 g/mol. The molecule has 0 aromatic heterocycles. The van der Waals surface area contributed by atoms with E-state index < -0.39 is 0 Å². The van der Waals surface area contributed by atoms with Crippen molar-refractivity contribution in [1.29, 1.82) is 0 Å². The van der Waals surface area contributed by atoms with Crippen LogP contribution in [0.15, 0.2) is 42.5 Å². The fraction of sp³-hybridized carbons (Fsp3) is 0.250. The van der Waals surface area contributed by atoms with Crippen molar-refractivity contribution in [2.45, 2.75) is 19.4 Å². The molecule has 0 aliphatic rings. The molecule has 0 fully saturated rings. The van der Waals surface area contributed by atoms with Crippen molar-refractivity contribution in [3.63, 3.8) is 0 Å². The molecule has 0 aliphatic carbocycles. The van der Waals surface area contributed by atoms with Crippen molar-refractivity contribution in [3.05, 3.63) is 53.1 Å². The molecule has 0 saturated carbocycles. The Kier molecular flexibility index (Phi) is 4.46. The summed E-state index contributed by atoms with van der Waals surface area (Å²) >= 11 is 6.05. The average molecular weight is 276 g/mol. The Balaban J connectivity index is 2.39. The SMILES string of the molecule is CCC(N)c1ccc(-c2cc(Cl)ccc2OC)cc1. The molecule has 0 radical (unpaired) electrons. The van der Waals surface area contributed by atoms with Crippen molar-refractivity contribution in [1.82, 2.24) is 0 Å². The standard InChI is InChI=1S/C16H18ClNO/c1-3-15(18)12-6-4-11(5-7-12)14-10-13(17)8-9-16(14)19-2/h4-10,15H,3,18H2,1-2H3. The largest absolute Gasteiger partial charge is 0.496 e. The molecule has 2 N–H and O–H groups in total. The smallest absolute Gasteiger partial charge is 0.126 e. The summed E-state index contributed by atoms with van der Waals surface area (Å²) in [5.74, 6) is 0.817. The number of methoxy groups -OCH3 is 1. The maximum Gasteiger partial charge on any atom is 0.126 e. The summed E-state index contributed by atoms with van der Waals surface area (Å²) in [6, 6.07) is 13.9. The molecule has 0 spiro atoms. The average Bonchev–Trinajstić information content (AvgIpc) is 2.46. The van der Waals surface area contributed by atoms with Crippen LogP contribution >= 0.6 is 11.6 Å². The number of benzene rings is 2. The van der Waals surface area contributed by atoms with Gasteiger partial charge in [0.25, 0.3) is 0 Å². The summed E-state index contributed by atoms with van der Waals surface area (Å²) in [5.41, 5.74) is 9.23. The molecule has 0 amide bonds. The lowest BCUT2D eigenvalue weighted by Gasteiger charge is -2.12. The first-order valence-electron chi connectivity index (χ1n) is 6.35. The van der Waals surface area contributed by atoms with Gasteiger partial charge in [0.1, 0.15) is 5.75 Å². The predicted octanol–water partition coefficient (Wildman–Crippen LogP) is 4.43. The quantitative estimate of drug-likeness (QED) is 0.896. The van der Waals surface area contributed by atoms with Crippen LogP contribution in [0.25, 0.3) is 11.1 Å². The number of ether oxygens (including phenoxy) is 1. The minimum Gasteiger partial charge on any atom is -0.496 e. The highest BCUT2D eigenvalue weighted by molar-refractivity contribution is 6.31. The second kappa shape index (κ2) is 6.09. The molecule has 1 atom stereocenters. The highest BCUT2D eigenvalue weighted by atomic mass is 35.5. The molecule has 3 heteroatoms. The van der Waals surface area contributed by atoms with Crippen LogP contribution in [0.5, 0.6) is 5.75 Å². The predicted molar refractivity (Wildman–Crippen MR) is 80.7 cm³/mol. The maximum atomic E-state index is 6.05. The van der Waals surface area contributed by atoms with Gasteiger partial charge < -0.3 is 10.5 Å². The zero-order valence-corrected chi connectivity index (χ0v) is 11.9. The van der Waals surface area contributed by atoms with Crippen LogP contribution in [0.2, 0.25) is 5.02 Å². The molecular weight excluding hydrogens is 258 g/mol. The molecule has 0 bridgehead atoms. The Bertz CT molecular complexity index is 551. The fourth-order valence-electron chi connectivity index (χ4n) is 2.05. The van der Waals surface area contributed by atoms with Crippen LogP contribution in [-0.2, 0) is 0 Å². The van der Waals surface area contributed by atoms with E-state index in [1.54, 1.807) is 7.11 Å². The zero-order chi connectivity index (χ0) is 13.8. The van der Waals surface area contributed by atoms with Gasteiger partial charge in [0.05, 0.1) is 7.11 Å². The van der Waals surface area contributed by atoms with E-state index in [1.807, 2.05) is 18.2 Å². The maximum absolute atomic E-state index is 6.05. The van der Waals surface area contributed by atoms with Crippen molar-refractivity contribution in [3.8, 4) is 16.9 Å². The Morgan fingerprint density at radius 3 is 2.42 bits per heavy atom. The number of nitrogens with two attached hydrogens (primary N) is 1. The van der Waals surface area contributed by atoms with Crippen molar-refractivity contribution in [2.75, 3.05) is 7.11 Å². The first kappa shape index (κ1) is 13.9. The molecule has 1 unspecified atom stereocenters.